The van der Waals surface area contributed by atoms with Gasteiger partial charge in [-0.3, -0.25) is 0 Å². The summed E-state index contributed by atoms with van der Waals surface area (Å²) in [5.74, 6) is 0. The van der Waals surface area contributed by atoms with Crippen LogP contribution in [0, 0.1) is 4.77 Å². The van der Waals surface area contributed by atoms with Crippen molar-refractivity contribution in [3.8, 4) is 10.6 Å². The van der Waals surface area contributed by atoms with Crippen molar-refractivity contribution < 1.29 is 0 Å². The van der Waals surface area contributed by atoms with E-state index in [1.807, 2.05) is 23.7 Å². The van der Waals surface area contributed by atoms with E-state index in [0.29, 0.717) is 4.77 Å². The second-order valence-electron chi connectivity index (χ2n) is 3.18. The average molecular weight is 233 g/mol. The molecule has 2 heterocycles. The SMILES string of the molecule is S=c1[nH]c2ccc(-c3nccs3)cc2[nH]1. The maximum atomic E-state index is 5.03. The van der Waals surface area contributed by atoms with E-state index in [-0.39, 0.29) is 0 Å². The number of H-pyrrole nitrogens is 2. The number of thiazole rings is 1. The Kier molecular flexibility index (Phi) is 1.93. The molecule has 0 amide bonds. The molecule has 15 heavy (non-hydrogen) atoms. The minimum Gasteiger partial charge on any atom is -0.331 e. The number of hydrogen-bond acceptors (Lipinski definition) is 3. The van der Waals surface area contributed by atoms with Crippen LogP contribution in [0.15, 0.2) is 29.8 Å². The summed E-state index contributed by atoms with van der Waals surface area (Å²) in [6, 6.07) is 6.11. The zero-order valence-corrected chi connectivity index (χ0v) is 9.28. The van der Waals surface area contributed by atoms with E-state index in [1.54, 1.807) is 11.3 Å². The summed E-state index contributed by atoms with van der Waals surface area (Å²) in [5.41, 5.74) is 3.16. The summed E-state index contributed by atoms with van der Waals surface area (Å²) < 4.78 is 0.654. The number of aromatic amines is 2. The first kappa shape index (κ1) is 8.82. The van der Waals surface area contributed by atoms with Crippen LogP contribution in [0.1, 0.15) is 0 Å². The lowest BCUT2D eigenvalue weighted by atomic mass is 10.2. The van der Waals surface area contributed by atoms with Gasteiger partial charge in [0.25, 0.3) is 0 Å². The molecule has 0 aliphatic heterocycles. The number of rotatable bonds is 1. The number of hydrogen-bond donors (Lipinski definition) is 2. The molecular weight excluding hydrogens is 226 g/mol. The molecule has 0 spiro atoms. The Hall–Kier alpha value is -1.46. The number of benzene rings is 1. The Morgan fingerprint density at radius 1 is 1.20 bits per heavy atom. The number of nitrogens with one attached hydrogen (secondary N) is 2. The standard InChI is InChI=1S/C10H7N3S2/c14-10-12-7-2-1-6(5-8(7)13-10)9-11-3-4-15-9/h1-5H,(H2,12,13,14). The summed E-state index contributed by atoms with van der Waals surface area (Å²) in [5, 5.41) is 3.00. The van der Waals surface area contributed by atoms with E-state index in [1.165, 1.54) is 0 Å². The average Bonchev–Trinajstić information content (AvgIpc) is 2.82. The van der Waals surface area contributed by atoms with Crippen molar-refractivity contribution in [3.63, 3.8) is 0 Å². The molecule has 0 fully saturated rings. The summed E-state index contributed by atoms with van der Waals surface area (Å²) >= 11 is 6.66. The van der Waals surface area contributed by atoms with Crippen molar-refractivity contribution in [1.82, 2.24) is 15.0 Å². The van der Waals surface area contributed by atoms with Gasteiger partial charge in [-0.15, -0.1) is 11.3 Å². The van der Waals surface area contributed by atoms with Crippen molar-refractivity contribution >= 4 is 34.6 Å². The van der Waals surface area contributed by atoms with E-state index < -0.39 is 0 Å². The summed E-state index contributed by atoms with van der Waals surface area (Å²) in [6.45, 7) is 0. The lowest BCUT2D eigenvalue weighted by molar-refractivity contribution is 1.30. The van der Waals surface area contributed by atoms with Gasteiger partial charge in [-0.05, 0) is 30.4 Å². The van der Waals surface area contributed by atoms with Crippen molar-refractivity contribution in [3.05, 3.63) is 34.5 Å². The second-order valence-corrected chi connectivity index (χ2v) is 4.48. The fourth-order valence-corrected chi connectivity index (χ4v) is 2.39. The molecule has 0 radical (unpaired) electrons. The number of nitrogens with zero attached hydrogens (tertiary/aromatic N) is 1. The van der Waals surface area contributed by atoms with Crippen LogP contribution in [0.4, 0.5) is 0 Å². The van der Waals surface area contributed by atoms with Crippen molar-refractivity contribution in [2.75, 3.05) is 0 Å². The van der Waals surface area contributed by atoms with E-state index in [0.717, 1.165) is 21.6 Å². The Labute approximate surface area is 94.8 Å². The Morgan fingerprint density at radius 2 is 2.07 bits per heavy atom. The van der Waals surface area contributed by atoms with Crippen LogP contribution in [0.3, 0.4) is 0 Å². The molecule has 74 valence electrons. The van der Waals surface area contributed by atoms with Crippen LogP contribution in [0.5, 0.6) is 0 Å². The Bertz CT molecular complexity index is 649. The van der Waals surface area contributed by atoms with Gasteiger partial charge in [0.2, 0.25) is 0 Å². The topological polar surface area (TPSA) is 44.5 Å². The van der Waals surface area contributed by atoms with E-state index in [2.05, 4.69) is 21.0 Å². The largest absolute Gasteiger partial charge is 0.331 e. The van der Waals surface area contributed by atoms with E-state index in [9.17, 15) is 0 Å². The van der Waals surface area contributed by atoms with Gasteiger partial charge in [0.15, 0.2) is 4.77 Å². The van der Waals surface area contributed by atoms with Gasteiger partial charge in [0.05, 0.1) is 11.0 Å². The highest BCUT2D eigenvalue weighted by Gasteiger charge is 2.02. The zero-order valence-electron chi connectivity index (χ0n) is 7.65. The van der Waals surface area contributed by atoms with Gasteiger partial charge in [0, 0.05) is 17.1 Å². The molecule has 0 bridgehead atoms. The maximum absolute atomic E-state index is 5.03. The molecule has 5 heteroatoms. The summed E-state index contributed by atoms with van der Waals surface area (Å²) in [6.07, 6.45) is 1.81. The molecular formula is C10H7N3S2. The molecule has 0 saturated carbocycles. The third kappa shape index (κ3) is 1.49. The highest BCUT2D eigenvalue weighted by molar-refractivity contribution is 7.71. The van der Waals surface area contributed by atoms with Crippen LogP contribution in [0.25, 0.3) is 21.6 Å². The molecule has 2 N–H and O–H groups in total. The quantitative estimate of drug-likeness (QED) is 0.633. The van der Waals surface area contributed by atoms with Crippen molar-refractivity contribution in [2.45, 2.75) is 0 Å². The highest BCUT2D eigenvalue weighted by atomic mass is 32.1. The Morgan fingerprint density at radius 3 is 2.87 bits per heavy atom. The molecule has 0 saturated heterocycles. The minimum absolute atomic E-state index is 0.654. The Balaban J connectivity index is 2.26. The predicted molar refractivity (Wildman–Crippen MR) is 64.6 cm³/mol. The van der Waals surface area contributed by atoms with Crippen LogP contribution in [-0.4, -0.2) is 15.0 Å². The van der Waals surface area contributed by atoms with Crippen LogP contribution >= 0.6 is 23.6 Å². The van der Waals surface area contributed by atoms with Gasteiger partial charge in [-0.25, -0.2) is 4.98 Å². The monoisotopic (exact) mass is 233 g/mol. The fraction of sp³-hybridized carbons (Fsp3) is 0. The fourth-order valence-electron chi connectivity index (χ4n) is 1.53. The molecule has 1 aromatic carbocycles. The summed E-state index contributed by atoms with van der Waals surface area (Å²) in [4.78, 5) is 10.4. The first-order valence-electron chi connectivity index (χ1n) is 4.45. The second kappa shape index (κ2) is 3.29. The molecule has 0 unspecified atom stereocenters. The number of aromatic nitrogens is 3. The van der Waals surface area contributed by atoms with Gasteiger partial charge in [-0.1, -0.05) is 0 Å². The zero-order chi connectivity index (χ0) is 10.3. The predicted octanol–water partition coefficient (Wildman–Crippen LogP) is 3.35. The third-order valence-corrected chi connectivity index (χ3v) is 3.22. The molecule has 2 aromatic heterocycles. The van der Waals surface area contributed by atoms with Crippen LogP contribution < -0.4 is 0 Å². The highest BCUT2D eigenvalue weighted by Crippen LogP contribution is 2.24. The van der Waals surface area contributed by atoms with Gasteiger partial charge in [0.1, 0.15) is 5.01 Å². The van der Waals surface area contributed by atoms with Gasteiger partial charge in [-0.2, -0.15) is 0 Å². The first-order chi connectivity index (χ1) is 7.33. The van der Waals surface area contributed by atoms with Crippen molar-refractivity contribution in [2.24, 2.45) is 0 Å². The summed E-state index contributed by atoms with van der Waals surface area (Å²) in [7, 11) is 0. The lowest BCUT2D eigenvalue weighted by Gasteiger charge is -1.95. The molecule has 3 aromatic rings. The van der Waals surface area contributed by atoms with Crippen LogP contribution in [-0.2, 0) is 0 Å². The third-order valence-electron chi connectivity index (χ3n) is 2.20. The normalized spacial score (nSPS) is 10.9. The maximum Gasteiger partial charge on any atom is 0.175 e. The van der Waals surface area contributed by atoms with Crippen LogP contribution in [0.2, 0.25) is 0 Å². The molecule has 3 nitrogen and oxygen atoms in total. The molecule has 3 rings (SSSR count). The van der Waals surface area contributed by atoms with Gasteiger partial charge >= 0.3 is 0 Å². The number of fused-ring (bicyclic) bond motifs is 1. The number of imidazole rings is 1. The smallest absolute Gasteiger partial charge is 0.175 e. The lowest BCUT2D eigenvalue weighted by Crippen LogP contribution is -1.76. The van der Waals surface area contributed by atoms with Crippen molar-refractivity contribution in [1.29, 1.82) is 0 Å². The molecule has 0 atom stereocenters. The van der Waals surface area contributed by atoms with E-state index >= 15 is 0 Å². The molecule has 0 aliphatic carbocycles. The van der Waals surface area contributed by atoms with E-state index in [4.69, 9.17) is 12.2 Å². The van der Waals surface area contributed by atoms with Gasteiger partial charge < -0.3 is 9.97 Å². The first-order valence-corrected chi connectivity index (χ1v) is 5.74. The minimum atomic E-state index is 0.654. The molecule has 0 aliphatic rings.